The molecule has 0 aliphatic carbocycles. The minimum atomic E-state index is -0.815. The average molecular weight is 282 g/mol. The van der Waals surface area contributed by atoms with Crippen LogP contribution in [0, 0.1) is 18.1 Å². The van der Waals surface area contributed by atoms with Crippen LogP contribution in [0.15, 0.2) is 5.16 Å². The van der Waals surface area contributed by atoms with E-state index in [1.807, 2.05) is 19.0 Å². The van der Waals surface area contributed by atoms with Gasteiger partial charge in [-0.3, -0.25) is 4.90 Å². The zero-order valence-electron chi connectivity index (χ0n) is 11.8. The molecule has 0 aromatic heterocycles. The van der Waals surface area contributed by atoms with Gasteiger partial charge in [-0.25, -0.2) is 9.69 Å². The average Bonchev–Trinajstić information content (AvgIpc) is 2.44. The zero-order chi connectivity index (χ0) is 15.0. The van der Waals surface area contributed by atoms with E-state index in [4.69, 9.17) is 14.8 Å². The smallest absolute Gasteiger partial charge is 0.371 e. The SMILES string of the molecule is CCOC(=O)C(C#N)=NO[C]N1CCOC(N(C)C)C1. The summed E-state index contributed by atoms with van der Waals surface area (Å²) in [6.45, 7) is 6.05. The lowest BCUT2D eigenvalue weighted by Gasteiger charge is -2.34. The van der Waals surface area contributed by atoms with E-state index in [9.17, 15) is 4.79 Å². The van der Waals surface area contributed by atoms with Gasteiger partial charge in [-0.05, 0) is 21.0 Å². The molecule has 20 heavy (non-hydrogen) atoms. The molecule has 1 aliphatic heterocycles. The van der Waals surface area contributed by atoms with Gasteiger partial charge in [0.2, 0.25) is 0 Å². The maximum Gasteiger partial charge on any atom is 0.371 e. The highest BCUT2D eigenvalue weighted by atomic mass is 16.6. The molecule has 0 aromatic rings. The highest BCUT2D eigenvalue weighted by Crippen LogP contribution is 2.09. The van der Waals surface area contributed by atoms with Crippen molar-refractivity contribution in [3.05, 3.63) is 6.73 Å². The summed E-state index contributed by atoms with van der Waals surface area (Å²) in [6.07, 6.45) is -0.0654. The van der Waals surface area contributed by atoms with Gasteiger partial charge < -0.3 is 14.3 Å². The normalized spacial score (nSPS) is 20.6. The van der Waals surface area contributed by atoms with Gasteiger partial charge in [0.15, 0.2) is 0 Å². The lowest BCUT2D eigenvalue weighted by Crippen LogP contribution is -2.47. The molecule has 0 spiro atoms. The number of esters is 1. The van der Waals surface area contributed by atoms with Crippen LogP contribution in [-0.2, 0) is 19.1 Å². The quantitative estimate of drug-likeness (QED) is 0.374. The predicted octanol–water partition coefficient (Wildman–Crippen LogP) is -0.338. The molecule has 0 aromatic carbocycles. The summed E-state index contributed by atoms with van der Waals surface area (Å²) in [7, 11) is 3.81. The molecule has 2 radical (unpaired) electrons. The molecule has 1 rings (SSSR count). The summed E-state index contributed by atoms with van der Waals surface area (Å²) in [5, 5.41) is 12.1. The Morgan fingerprint density at radius 2 is 2.35 bits per heavy atom. The second-order valence-corrected chi connectivity index (χ2v) is 4.19. The number of hydrogen-bond donors (Lipinski definition) is 0. The van der Waals surface area contributed by atoms with E-state index in [-0.39, 0.29) is 12.8 Å². The van der Waals surface area contributed by atoms with Crippen LogP contribution >= 0.6 is 0 Å². The first-order chi connectivity index (χ1) is 9.58. The van der Waals surface area contributed by atoms with E-state index in [1.54, 1.807) is 17.9 Å². The van der Waals surface area contributed by atoms with E-state index in [0.717, 1.165) is 0 Å². The Morgan fingerprint density at radius 1 is 1.60 bits per heavy atom. The van der Waals surface area contributed by atoms with Crippen LogP contribution in [0.1, 0.15) is 6.92 Å². The molecular weight excluding hydrogens is 264 g/mol. The van der Waals surface area contributed by atoms with E-state index in [1.165, 1.54) is 0 Å². The molecule has 0 amide bonds. The van der Waals surface area contributed by atoms with Crippen LogP contribution in [0.5, 0.6) is 0 Å². The molecule has 0 bridgehead atoms. The number of nitriles is 1. The van der Waals surface area contributed by atoms with Gasteiger partial charge in [-0.1, -0.05) is 5.16 Å². The Balaban J connectivity index is 2.42. The lowest BCUT2D eigenvalue weighted by molar-refractivity contribution is -0.135. The van der Waals surface area contributed by atoms with Gasteiger partial charge in [-0.2, -0.15) is 5.26 Å². The van der Waals surface area contributed by atoms with E-state index in [2.05, 4.69) is 16.6 Å². The van der Waals surface area contributed by atoms with Crippen LogP contribution in [0.2, 0.25) is 0 Å². The molecule has 0 saturated carbocycles. The Hall–Kier alpha value is -1.69. The third-order valence-corrected chi connectivity index (χ3v) is 2.51. The Morgan fingerprint density at radius 3 is 2.95 bits per heavy atom. The van der Waals surface area contributed by atoms with Crippen molar-refractivity contribution in [3.63, 3.8) is 0 Å². The first-order valence-corrected chi connectivity index (χ1v) is 6.18. The number of rotatable bonds is 6. The van der Waals surface area contributed by atoms with Gasteiger partial charge in [0.25, 0.3) is 5.71 Å². The Labute approximate surface area is 118 Å². The second-order valence-electron chi connectivity index (χ2n) is 4.19. The predicted molar refractivity (Wildman–Crippen MR) is 69.0 cm³/mol. The molecule has 8 nitrogen and oxygen atoms in total. The Bertz CT molecular complexity index is 391. The fourth-order valence-electron chi connectivity index (χ4n) is 1.45. The number of morpholine rings is 1. The number of carbonyl (C=O) groups is 1. The van der Waals surface area contributed by atoms with E-state index >= 15 is 0 Å². The maximum absolute atomic E-state index is 11.3. The number of nitrogens with zero attached hydrogens (tertiary/aromatic N) is 4. The summed E-state index contributed by atoms with van der Waals surface area (Å²) in [6, 6.07) is 1.61. The number of oxime groups is 1. The molecule has 1 aliphatic rings. The summed E-state index contributed by atoms with van der Waals surface area (Å²) in [4.78, 5) is 19.7. The van der Waals surface area contributed by atoms with Crippen LogP contribution in [-0.4, -0.2) is 68.1 Å². The van der Waals surface area contributed by atoms with Gasteiger partial charge >= 0.3 is 12.7 Å². The van der Waals surface area contributed by atoms with Crippen LogP contribution in [0.25, 0.3) is 0 Å². The van der Waals surface area contributed by atoms with Gasteiger partial charge in [0.05, 0.1) is 13.2 Å². The molecule has 1 saturated heterocycles. The fraction of sp³-hybridized carbons (Fsp3) is 0.667. The van der Waals surface area contributed by atoms with Gasteiger partial charge in [-0.15, -0.1) is 0 Å². The monoisotopic (exact) mass is 282 g/mol. The molecule has 1 atom stereocenters. The van der Waals surface area contributed by atoms with Crippen molar-refractivity contribution >= 4 is 11.7 Å². The maximum atomic E-state index is 11.3. The number of likely N-dealkylation sites (N-methyl/N-ethyl adjacent to an activating group) is 1. The summed E-state index contributed by atoms with van der Waals surface area (Å²) in [5.41, 5.74) is -0.447. The first kappa shape index (κ1) is 16.4. The topological polar surface area (TPSA) is 87.4 Å². The highest BCUT2D eigenvalue weighted by Gasteiger charge is 2.23. The van der Waals surface area contributed by atoms with Crippen molar-refractivity contribution in [1.82, 2.24) is 9.80 Å². The fourth-order valence-corrected chi connectivity index (χ4v) is 1.45. The molecule has 1 heterocycles. The third-order valence-electron chi connectivity index (χ3n) is 2.51. The molecule has 110 valence electrons. The molecule has 1 fully saturated rings. The van der Waals surface area contributed by atoms with Gasteiger partial charge in [0.1, 0.15) is 12.3 Å². The summed E-state index contributed by atoms with van der Waals surface area (Å²) >= 11 is 0. The molecule has 0 N–H and O–H groups in total. The van der Waals surface area contributed by atoms with Crippen LogP contribution in [0.4, 0.5) is 0 Å². The number of ether oxygens (including phenoxy) is 2. The van der Waals surface area contributed by atoms with Crippen molar-refractivity contribution < 1.29 is 19.1 Å². The minimum absolute atomic E-state index is 0.0654. The standard InChI is InChI=1S/C12H18N4O4/c1-4-18-12(17)10(7-13)14-20-9-16-5-6-19-11(8-16)15(2)3/h11H,4-6,8H2,1-3H3. The van der Waals surface area contributed by atoms with Crippen molar-refractivity contribution in [2.45, 2.75) is 13.2 Å². The minimum Gasteiger partial charge on any atom is -0.461 e. The third kappa shape index (κ3) is 5.13. The van der Waals surface area contributed by atoms with Crippen molar-refractivity contribution in [1.29, 1.82) is 5.26 Å². The van der Waals surface area contributed by atoms with E-state index in [0.29, 0.717) is 19.7 Å². The van der Waals surface area contributed by atoms with Crippen LogP contribution in [0.3, 0.4) is 0 Å². The molecule has 8 heteroatoms. The highest BCUT2D eigenvalue weighted by molar-refractivity contribution is 6.42. The van der Waals surface area contributed by atoms with E-state index < -0.39 is 11.7 Å². The summed E-state index contributed by atoms with van der Waals surface area (Å²) in [5.74, 6) is -0.815. The van der Waals surface area contributed by atoms with Crippen molar-refractivity contribution in [2.24, 2.45) is 5.16 Å². The number of carbonyl (C=O) groups excluding carboxylic acids is 1. The van der Waals surface area contributed by atoms with Crippen molar-refractivity contribution in [2.75, 3.05) is 40.4 Å². The first-order valence-electron chi connectivity index (χ1n) is 6.18. The molecular formula is C12H18N4O4. The second kappa shape index (κ2) is 8.47. The number of hydrogen-bond acceptors (Lipinski definition) is 8. The lowest BCUT2D eigenvalue weighted by atomic mass is 10.4. The largest absolute Gasteiger partial charge is 0.461 e. The van der Waals surface area contributed by atoms with Crippen LogP contribution < -0.4 is 0 Å². The van der Waals surface area contributed by atoms with Gasteiger partial charge in [0, 0.05) is 13.1 Å². The van der Waals surface area contributed by atoms with Crippen molar-refractivity contribution in [3.8, 4) is 6.07 Å². The summed E-state index contributed by atoms with van der Waals surface area (Å²) < 4.78 is 10.2. The Kier molecular flexibility index (Phi) is 6.93. The molecule has 1 unspecified atom stereocenters. The zero-order valence-corrected chi connectivity index (χ0v) is 11.8.